The van der Waals surface area contributed by atoms with Gasteiger partial charge in [-0.3, -0.25) is 9.59 Å². The third kappa shape index (κ3) is 4.11. The highest BCUT2D eigenvalue weighted by Gasteiger charge is 2.21. The highest BCUT2D eigenvalue weighted by atomic mass is 79.9. The minimum atomic E-state index is -0.515. The van der Waals surface area contributed by atoms with Crippen LogP contribution >= 0.6 is 15.9 Å². The fourth-order valence-corrected chi connectivity index (χ4v) is 3.07. The van der Waals surface area contributed by atoms with Gasteiger partial charge in [0.25, 0.3) is 5.91 Å². The maximum absolute atomic E-state index is 12.7. The molecule has 0 saturated carbocycles. The van der Waals surface area contributed by atoms with E-state index < -0.39 is 12.0 Å². The summed E-state index contributed by atoms with van der Waals surface area (Å²) in [5.41, 5.74) is 2.85. The molecule has 26 heavy (non-hydrogen) atoms. The number of nitrogens with one attached hydrogen (secondary N) is 1. The first-order valence-electron chi connectivity index (χ1n) is 8.05. The van der Waals surface area contributed by atoms with Crippen molar-refractivity contribution in [2.75, 3.05) is 7.11 Å². The molecule has 1 aromatic carbocycles. The van der Waals surface area contributed by atoms with E-state index in [0.29, 0.717) is 11.3 Å². The number of esters is 1. The third-order valence-electron chi connectivity index (χ3n) is 4.00. The van der Waals surface area contributed by atoms with Gasteiger partial charge < -0.3 is 14.5 Å². The van der Waals surface area contributed by atoms with Gasteiger partial charge in [-0.1, -0.05) is 28.1 Å². The van der Waals surface area contributed by atoms with Crippen molar-refractivity contribution >= 4 is 33.5 Å². The van der Waals surface area contributed by atoms with Crippen LogP contribution in [-0.4, -0.2) is 28.4 Å². The van der Waals surface area contributed by atoms with Crippen molar-refractivity contribution in [2.45, 2.75) is 19.4 Å². The van der Waals surface area contributed by atoms with Crippen LogP contribution in [0.15, 0.2) is 53.3 Å². The number of ether oxygens (including phenoxy) is 1. The second kappa shape index (κ2) is 7.70. The molecule has 7 heteroatoms. The molecule has 3 aromatic rings. The molecule has 2 heterocycles. The fraction of sp³-hybridized carbons (Fsp3) is 0.211. The Hall–Kier alpha value is -2.67. The summed E-state index contributed by atoms with van der Waals surface area (Å²) in [6.07, 6.45) is 3.56. The van der Waals surface area contributed by atoms with E-state index in [1.165, 1.54) is 7.11 Å². The predicted molar refractivity (Wildman–Crippen MR) is 101 cm³/mol. The largest absolute Gasteiger partial charge is 0.469 e. The van der Waals surface area contributed by atoms with Gasteiger partial charge in [0.1, 0.15) is 11.3 Å². The monoisotopic (exact) mass is 415 g/mol. The molecule has 0 spiro atoms. The molecular weight excluding hydrogens is 398 g/mol. The number of halogens is 1. The summed E-state index contributed by atoms with van der Waals surface area (Å²) in [4.78, 5) is 28.8. The minimum Gasteiger partial charge on any atom is -0.469 e. The minimum absolute atomic E-state index is 0.0329. The molecule has 0 unspecified atom stereocenters. The van der Waals surface area contributed by atoms with Gasteiger partial charge in [-0.25, -0.2) is 4.98 Å². The first-order chi connectivity index (χ1) is 12.5. The normalized spacial score (nSPS) is 12.0. The highest BCUT2D eigenvalue weighted by molar-refractivity contribution is 9.10. The zero-order chi connectivity index (χ0) is 18.7. The van der Waals surface area contributed by atoms with Crippen LogP contribution < -0.4 is 5.32 Å². The van der Waals surface area contributed by atoms with Crippen LogP contribution in [0.5, 0.6) is 0 Å². The first kappa shape index (κ1) is 18.1. The van der Waals surface area contributed by atoms with Crippen molar-refractivity contribution in [1.82, 2.24) is 14.7 Å². The number of aromatic nitrogens is 2. The number of aryl methyl sites for hydroxylation is 1. The second-order valence-electron chi connectivity index (χ2n) is 5.96. The van der Waals surface area contributed by atoms with Gasteiger partial charge in [-0.2, -0.15) is 0 Å². The van der Waals surface area contributed by atoms with Crippen molar-refractivity contribution in [3.05, 3.63) is 70.1 Å². The van der Waals surface area contributed by atoms with E-state index >= 15 is 0 Å². The molecule has 0 aliphatic carbocycles. The molecule has 3 rings (SSSR count). The summed E-state index contributed by atoms with van der Waals surface area (Å²) < 4.78 is 7.41. The lowest BCUT2D eigenvalue weighted by molar-refractivity contribution is -0.141. The topological polar surface area (TPSA) is 72.7 Å². The number of pyridine rings is 1. The van der Waals surface area contributed by atoms with E-state index in [-0.39, 0.29) is 12.3 Å². The van der Waals surface area contributed by atoms with Crippen molar-refractivity contribution in [3.8, 4) is 0 Å². The van der Waals surface area contributed by atoms with Gasteiger partial charge in [0.05, 0.1) is 19.6 Å². The maximum Gasteiger partial charge on any atom is 0.307 e. The summed E-state index contributed by atoms with van der Waals surface area (Å²) in [6.45, 7) is 1.97. The van der Waals surface area contributed by atoms with Gasteiger partial charge in [-0.15, -0.1) is 0 Å². The number of imidazole rings is 1. The Labute approximate surface area is 159 Å². The van der Waals surface area contributed by atoms with E-state index in [9.17, 15) is 9.59 Å². The summed E-state index contributed by atoms with van der Waals surface area (Å²) in [7, 11) is 1.33. The predicted octanol–water partition coefficient (Wildman–Crippen LogP) is 3.44. The lowest BCUT2D eigenvalue weighted by Gasteiger charge is -2.18. The van der Waals surface area contributed by atoms with Crippen LogP contribution in [-0.2, 0) is 9.53 Å². The zero-order valence-corrected chi connectivity index (χ0v) is 16.0. The molecule has 0 aliphatic heterocycles. The number of nitrogens with zero attached hydrogens (tertiary/aromatic N) is 2. The van der Waals surface area contributed by atoms with Crippen molar-refractivity contribution in [1.29, 1.82) is 0 Å². The number of carbonyl (C=O) groups excluding carboxylic acids is 2. The average Bonchev–Trinajstić information content (AvgIpc) is 3.04. The van der Waals surface area contributed by atoms with Crippen LogP contribution in [0, 0.1) is 6.92 Å². The smallest absolute Gasteiger partial charge is 0.307 e. The Balaban J connectivity index is 1.86. The Morgan fingerprint density at radius 3 is 2.85 bits per heavy atom. The van der Waals surface area contributed by atoms with Crippen molar-refractivity contribution in [3.63, 3.8) is 0 Å². The molecule has 134 valence electrons. The third-order valence-corrected chi connectivity index (χ3v) is 4.50. The summed E-state index contributed by atoms with van der Waals surface area (Å²) in [5.74, 6) is -0.749. The van der Waals surface area contributed by atoms with Crippen molar-refractivity contribution < 1.29 is 14.3 Å². The van der Waals surface area contributed by atoms with Crippen LogP contribution in [0.2, 0.25) is 0 Å². The molecule has 1 atom stereocenters. The second-order valence-corrected chi connectivity index (χ2v) is 6.87. The molecule has 0 radical (unpaired) electrons. The van der Waals surface area contributed by atoms with Crippen LogP contribution in [0.25, 0.3) is 5.65 Å². The number of amides is 1. The van der Waals surface area contributed by atoms with E-state index in [1.54, 1.807) is 10.6 Å². The van der Waals surface area contributed by atoms with Gasteiger partial charge >= 0.3 is 5.97 Å². The number of benzene rings is 1. The fourth-order valence-electron chi connectivity index (χ4n) is 2.65. The molecule has 0 saturated heterocycles. The standard InChI is InChI=1S/C19H18BrN3O3/c1-12-6-7-23-11-16(21-17(23)8-12)19(25)22-15(10-18(24)26-2)13-4-3-5-14(20)9-13/h3-9,11,15H,10H2,1-2H3,(H,22,25)/t15-/m1/s1. The summed E-state index contributed by atoms with van der Waals surface area (Å²) >= 11 is 3.41. The number of carbonyl (C=O) groups is 2. The SMILES string of the molecule is COC(=O)C[C@@H](NC(=O)c1cn2ccc(C)cc2n1)c1cccc(Br)c1. The molecule has 0 fully saturated rings. The number of rotatable bonds is 5. The van der Waals surface area contributed by atoms with E-state index in [4.69, 9.17) is 4.74 Å². The average molecular weight is 416 g/mol. The number of hydrogen-bond acceptors (Lipinski definition) is 4. The van der Waals surface area contributed by atoms with Gasteiger partial charge in [0.15, 0.2) is 0 Å². The lowest BCUT2D eigenvalue weighted by Crippen LogP contribution is -2.30. The first-order valence-corrected chi connectivity index (χ1v) is 8.84. The molecule has 0 bridgehead atoms. The van der Waals surface area contributed by atoms with Gasteiger partial charge in [0, 0.05) is 16.9 Å². The van der Waals surface area contributed by atoms with Gasteiger partial charge in [0.2, 0.25) is 0 Å². The molecular formula is C19H18BrN3O3. The Morgan fingerprint density at radius 2 is 2.12 bits per heavy atom. The highest BCUT2D eigenvalue weighted by Crippen LogP contribution is 2.22. The van der Waals surface area contributed by atoms with E-state index in [1.807, 2.05) is 49.5 Å². The number of fused-ring (bicyclic) bond motifs is 1. The van der Waals surface area contributed by atoms with Gasteiger partial charge in [-0.05, 0) is 42.3 Å². The summed E-state index contributed by atoms with van der Waals surface area (Å²) in [6, 6.07) is 10.8. The maximum atomic E-state index is 12.7. The summed E-state index contributed by atoms with van der Waals surface area (Å²) in [5, 5.41) is 2.88. The Kier molecular flexibility index (Phi) is 5.37. The van der Waals surface area contributed by atoms with E-state index in [2.05, 4.69) is 26.2 Å². The van der Waals surface area contributed by atoms with E-state index in [0.717, 1.165) is 15.6 Å². The zero-order valence-electron chi connectivity index (χ0n) is 14.4. The molecule has 6 nitrogen and oxygen atoms in total. The Bertz CT molecular complexity index is 968. The molecule has 0 aliphatic rings. The quantitative estimate of drug-likeness (QED) is 0.647. The number of methoxy groups -OCH3 is 1. The Morgan fingerprint density at radius 1 is 1.31 bits per heavy atom. The lowest BCUT2D eigenvalue weighted by atomic mass is 10.0. The molecule has 1 N–H and O–H groups in total. The van der Waals surface area contributed by atoms with Crippen molar-refractivity contribution in [2.24, 2.45) is 0 Å². The molecule has 2 aromatic heterocycles. The van der Waals surface area contributed by atoms with Crippen LogP contribution in [0.3, 0.4) is 0 Å². The molecule has 1 amide bonds. The van der Waals surface area contributed by atoms with Crippen LogP contribution in [0.4, 0.5) is 0 Å². The van der Waals surface area contributed by atoms with Crippen LogP contribution in [0.1, 0.15) is 34.1 Å². The number of hydrogen-bond donors (Lipinski definition) is 1.